The van der Waals surface area contributed by atoms with Crippen LogP contribution in [0, 0.1) is 0 Å². The smallest absolute Gasteiger partial charge is 0.306 e. The highest BCUT2D eigenvalue weighted by Gasteiger charge is 2.19. The Labute approximate surface area is 439 Å². The number of esters is 3. The topological polar surface area (TPSA) is 78.9 Å². The van der Waals surface area contributed by atoms with Crippen molar-refractivity contribution in [2.24, 2.45) is 0 Å². The van der Waals surface area contributed by atoms with E-state index in [4.69, 9.17) is 14.2 Å². The van der Waals surface area contributed by atoms with Gasteiger partial charge in [-0.15, -0.1) is 0 Å². The zero-order chi connectivity index (χ0) is 51.4. The van der Waals surface area contributed by atoms with Gasteiger partial charge in [0, 0.05) is 19.3 Å². The maximum atomic E-state index is 12.8. The van der Waals surface area contributed by atoms with Crippen LogP contribution in [0.3, 0.4) is 0 Å². The third kappa shape index (κ3) is 57.4. The number of carbonyl (C=O) groups is 3. The number of allylic oxidation sites excluding steroid dienone is 14. The first-order valence-electron chi connectivity index (χ1n) is 30.1. The fourth-order valence-electron chi connectivity index (χ4n) is 8.38. The van der Waals surface area contributed by atoms with E-state index in [9.17, 15) is 14.4 Å². The van der Waals surface area contributed by atoms with Gasteiger partial charge in [0.05, 0.1) is 0 Å². The minimum atomic E-state index is -0.777. The van der Waals surface area contributed by atoms with Crippen LogP contribution in [-0.4, -0.2) is 37.2 Å². The first kappa shape index (κ1) is 67.6. The van der Waals surface area contributed by atoms with Crippen molar-refractivity contribution in [2.75, 3.05) is 13.2 Å². The van der Waals surface area contributed by atoms with Crippen molar-refractivity contribution in [1.82, 2.24) is 0 Å². The van der Waals surface area contributed by atoms with Crippen LogP contribution >= 0.6 is 0 Å². The zero-order valence-electron chi connectivity index (χ0n) is 46.7. The van der Waals surface area contributed by atoms with Crippen LogP contribution in [0.4, 0.5) is 0 Å². The highest BCUT2D eigenvalue weighted by atomic mass is 16.6. The summed E-state index contributed by atoms with van der Waals surface area (Å²) in [7, 11) is 0. The molecule has 0 spiro atoms. The molecule has 1 unspecified atom stereocenters. The molecule has 0 aromatic heterocycles. The Kier molecular flexibility index (Phi) is 56.3. The minimum absolute atomic E-state index is 0.0773. The van der Waals surface area contributed by atoms with Gasteiger partial charge >= 0.3 is 17.9 Å². The molecule has 71 heavy (non-hydrogen) atoms. The van der Waals surface area contributed by atoms with Gasteiger partial charge in [-0.05, 0) is 96.3 Å². The van der Waals surface area contributed by atoms with Crippen LogP contribution in [0.2, 0.25) is 0 Å². The summed E-state index contributed by atoms with van der Waals surface area (Å²) in [6, 6.07) is 0. The summed E-state index contributed by atoms with van der Waals surface area (Å²) in [6.07, 6.45) is 77.4. The fraction of sp³-hybridized carbons (Fsp3) is 0.738. The van der Waals surface area contributed by atoms with Crippen molar-refractivity contribution < 1.29 is 28.6 Å². The Morgan fingerprint density at radius 1 is 0.296 bits per heavy atom. The van der Waals surface area contributed by atoms with Crippen LogP contribution < -0.4 is 0 Å². The molecule has 0 heterocycles. The van der Waals surface area contributed by atoms with E-state index in [-0.39, 0.29) is 31.1 Å². The molecule has 0 N–H and O–H groups in total. The second kappa shape index (κ2) is 59.2. The molecular formula is C65H112O6. The van der Waals surface area contributed by atoms with Gasteiger partial charge in [0.1, 0.15) is 13.2 Å². The number of hydrogen-bond donors (Lipinski definition) is 0. The van der Waals surface area contributed by atoms with E-state index in [0.29, 0.717) is 19.3 Å². The molecule has 0 rings (SSSR count). The van der Waals surface area contributed by atoms with Crippen molar-refractivity contribution in [3.8, 4) is 0 Å². The third-order valence-electron chi connectivity index (χ3n) is 12.9. The molecule has 0 aliphatic carbocycles. The average molecular weight is 990 g/mol. The molecule has 0 fully saturated rings. The van der Waals surface area contributed by atoms with Crippen LogP contribution in [0.1, 0.15) is 290 Å². The summed E-state index contributed by atoms with van der Waals surface area (Å²) < 4.78 is 16.8. The zero-order valence-corrected chi connectivity index (χ0v) is 46.7. The molecular weight excluding hydrogens is 877 g/mol. The summed E-state index contributed by atoms with van der Waals surface area (Å²) in [6.45, 7) is 6.49. The van der Waals surface area contributed by atoms with E-state index in [1.165, 1.54) is 154 Å². The standard InChI is InChI=1S/C65H112O6/c1-4-7-10-13-16-18-20-22-24-26-27-28-29-30-31-32-33-34-35-36-37-39-40-42-44-46-49-52-55-58-64(67)70-61-62(60-69-63(66)57-54-51-48-15-12-9-6-3)71-65(68)59-56-53-50-47-45-43-41-38-25-23-21-19-17-14-11-8-5-2/h7,10,16,18,22-25,27-28,30-31,33-34,62H,4-6,8-9,11-15,17,19-21,26,29,32,35-61H2,1-3H3/b10-7-,18-16-,24-22-,25-23-,28-27-,31-30-,34-33-. The highest BCUT2D eigenvalue weighted by molar-refractivity contribution is 5.71. The van der Waals surface area contributed by atoms with Gasteiger partial charge in [-0.25, -0.2) is 0 Å². The Bertz CT molecular complexity index is 1370. The molecule has 0 aromatic carbocycles. The maximum absolute atomic E-state index is 12.8. The van der Waals surface area contributed by atoms with E-state index in [2.05, 4.69) is 106 Å². The molecule has 1 atom stereocenters. The van der Waals surface area contributed by atoms with Gasteiger partial charge in [0.25, 0.3) is 0 Å². The first-order valence-corrected chi connectivity index (χ1v) is 30.1. The Hall–Kier alpha value is -3.41. The van der Waals surface area contributed by atoms with Gasteiger partial charge in [-0.3, -0.25) is 14.4 Å². The monoisotopic (exact) mass is 989 g/mol. The van der Waals surface area contributed by atoms with Crippen LogP contribution in [-0.2, 0) is 28.6 Å². The predicted molar refractivity (Wildman–Crippen MR) is 307 cm³/mol. The molecule has 0 amide bonds. The average Bonchev–Trinajstić information content (AvgIpc) is 3.37. The molecule has 0 saturated carbocycles. The Morgan fingerprint density at radius 3 is 0.873 bits per heavy atom. The molecule has 6 heteroatoms. The number of unbranched alkanes of at least 4 members (excludes halogenated alkanes) is 29. The van der Waals surface area contributed by atoms with E-state index in [0.717, 1.165) is 96.3 Å². The van der Waals surface area contributed by atoms with Gasteiger partial charge in [-0.2, -0.15) is 0 Å². The largest absolute Gasteiger partial charge is 0.462 e. The van der Waals surface area contributed by atoms with Gasteiger partial charge in [0.15, 0.2) is 6.10 Å². The molecule has 0 aliphatic rings. The summed E-state index contributed by atoms with van der Waals surface area (Å²) >= 11 is 0. The maximum Gasteiger partial charge on any atom is 0.306 e. The fourth-order valence-corrected chi connectivity index (χ4v) is 8.38. The quantitative estimate of drug-likeness (QED) is 0.0261. The SMILES string of the molecule is CC/C=C\C/C=C\C/C=C\C/C=C\C/C=C\C/C=C\CCCCCCCCCCCCC(=O)OCC(COC(=O)CCCCCCCCC)OC(=O)CCCCCCCCC/C=C\CCCCCCCC. The Balaban J connectivity index is 4.14. The van der Waals surface area contributed by atoms with Gasteiger partial charge < -0.3 is 14.2 Å². The first-order chi connectivity index (χ1) is 35.0. The minimum Gasteiger partial charge on any atom is -0.462 e. The van der Waals surface area contributed by atoms with Gasteiger partial charge in [0.2, 0.25) is 0 Å². The van der Waals surface area contributed by atoms with Crippen molar-refractivity contribution >= 4 is 17.9 Å². The van der Waals surface area contributed by atoms with Gasteiger partial charge in [-0.1, -0.05) is 260 Å². The van der Waals surface area contributed by atoms with Crippen LogP contribution in [0.25, 0.3) is 0 Å². The second-order valence-electron chi connectivity index (χ2n) is 19.9. The molecule has 0 bridgehead atoms. The lowest BCUT2D eigenvalue weighted by Crippen LogP contribution is -2.30. The molecule has 0 aromatic rings. The van der Waals surface area contributed by atoms with E-state index >= 15 is 0 Å². The number of ether oxygens (including phenoxy) is 3. The molecule has 6 nitrogen and oxygen atoms in total. The summed E-state index contributed by atoms with van der Waals surface area (Å²) in [5, 5.41) is 0. The lowest BCUT2D eigenvalue weighted by atomic mass is 10.1. The molecule has 408 valence electrons. The number of carbonyl (C=O) groups excluding carboxylic acids is 3. The van der Waals surface area contributed by atoms with Crippen LogP contribution in [0.5, 0.6) is 0 Å². The van der Waals surface area contributed by atoms with Crippen molar-refractivity contribution in [3.05, 3.63) is 85.1 Å². The van der Waals surface area contributed by atoms with E-state index in [1.54, 1.807) is 0 Å². The summed E-state index contributed by atoms with van der Waals surface area (Å²) in [5.74, 6) is -0.886. The van der Waals surface area contributed by atoms with Crippen molar-refractivity contribution in [1.29, 1.82) is 0 Å². The number of hydrogen-bond acceptors (Lipinski definition) is 6. The predicted octanol–water partition coefficient (Wildman–Crippen LogP) is 20.3. The highest BCUT2D eigenvalue weighted by Crippen LogP contribution is 2.15. The normalized spacial score (nSPS) is 12.7. The lowest BCUT2D eigenvalue weighted by Gasteiger charge is -2.18. The molecule has 0 radical (unpaired) electrons. The summed E-state index contributed by atoms with van der Waals surface area (Å²) in [4.78, 5) is 38.0. The molecule has 0 aliphatic heterocycles. The Morgan fingerprint density at radius 2 is 0.549 bits per heavy atom. The third-order valence-corrected chi connectivity index (χ3v) is 12.9. The van der Waals surface area contributed by atoms with E-state index < -0.39 is 6.10 Å². The lowest BCUT2D eigenvalue weighted by molar-refractivity contribution is -0.167. The van der Waals surface area contributed by atoms with Crippen LogP contribution in [0.15, 0.2) is 85.1 Å². The summed E-state index contributed by atoms with van der Waals surface area (Å²) in [5.41, 5.74) is 0. The molecule has 0 saturated heterocycles. The van der Waals surface area contributed by atoms with Crippen molar-refractivity contribution in [3.63, 3.8) is 0 Å². The number of rotatable bonds is 54. The van der Waals surface area contributed by atoms with E-state index in [1.807, 2.05) is 0 Å². The second-order valence-corrected chi connectivity index (χ2v) is 19.9. The van der Waals surface area contributed by atoms with Crippen molar-refractivity contribution in [2.45, 2.75) is 297 Å².